The lowest BCUT2D eigenvalue weighted by Gasteiger charge is -2.20. The van der Waals surface area contributed by atoms with Crippen molar-refractivity contribution in [1.82, 2.24) is 10.5 Å². The second-order valence-corrected chi connectivity index (χ2v) is 6.39. The molecule has 0 aliphatic carbocycles. The van der Waals surface area contributed by atoms with Crippen LogP contribution in [0.1, 0.15) is 58.7 Å². The van der Waals surface area contributed by atoms with Gasteiger partial charge in [-0.3, -0.25) is 4.79 Å². The van der Waals surface area contributed by atoms with Gasteiger partial charge in [-0.05, 0) is 18.1 Å². The number of amides is 1. The molecule has 0 unspecified atom stereocenters. The van der Waals surface area contributed by atoms with Gasteiger partial charge in [-0.15, -0.1) is 0 Å². The van der Waals surface area contributed by atoms with E-state index >= 15 is 0 Å². The summed E-state index contributed by atoms with van der Waals surface area (Å²) in [4.78, 5) is 13.0. The van der Waals surface area contributed by atoms with Crippen LogP contribution in [0.3, 0.4) is 0 Å². The molecule has 1 amide bonds. The normalized spacial score (nSPS) is 11.1. The van der Waals surface area contributed by atoms with Gasteiger partial charge in [-0.25, -0.2) is 0 Å². The van der Waals surface area contributed by atoms with Crippen LogP contribution in [0.15, 0.2) is 65.2 Å². The standard InChI is InChI=1S/C21H22N2O2/c1-14(2)20-18(15(3)23-25-20)21(24)22-19(16-10-6-4-7-11-16)17-12-8-5-9-13-17/h4-14,19H,1-3H3,(H,22,24). The number of carbonyl (C=O) groups excluding carboxylic acids is 1. The predicted octanol–water partition coefficient (Wildman–Crippen LogP) is 4.63. The Hall–Kier alpha value is -2.88. The van der Waals surface area contributed by atoms with Crippen molar-refractivity contribution >= 4 is 5.91 Å². The first-order valence-corrected chi connectivity index (χ1v) is 8.45. The molecule has 128 valence electrons. The van der Waals surface area contributed by atoms with E-state index in [-0.39, 0.29) is 17.9 Å². The van der Waals surface area contributed by atoms with Gasteiger partial charge in [0.15, 0.2) is 5.76 Å². The molecule has 0 saturated heterocycles. The number of aromatic nitrogens is 1. The number of aryl methyl sites for hydroxylation is 1. The summed E-state index contributed by atoms with van der Waals surface area (Å²) in [6.45, 7) is 5.77. The topological polar surface area (TPSA) is 55.1 Å². The fourth-order valence-electron chi connectivity index (χ4n) is 2.91. The Morgan fingerprint density at radius 2 is 1.48 bits per heavy atom. The van der Waals surface area contributed by atoms with Gasteiger partial charge >= 0.3 is 0 Å². The number of hydrogen-bond donors (Lipinski definition) is 1. The van der Waals surface area contributed by atoms with Gasteiger partial charge in [-0.2, -0.15) is 0 Å². The number of benzene rings is 2. The molecule has 0 atom stereocenters. The monoisotopic (exact) mass is 334 g/mol. The minimum atomic E-state index is -0.232. The maximum Gasteiger partial charge on any atom is 0.257 e. The summed E-state index contributed by atoms with van der Waals surface area (Å²) in [5.74, 6) is 0.545. The Kier molecular flexibility index (Phi) is 4.98. The molecule has 0 fully saturated rings. The van der Waals surface area contributed by atoms with Crippen LogP contribution < -0.4 is 5.32 Å². The summed E-state index contributed by atoms with van der Waals surface area (Å²) in [5.41, 5.74) is 3.21. The van der Waals surface area contributed by atoms with Crippen LogP contribution in [0.25, 0.3) is 0 Å². The van der Waals surface area contributed by atoms with Crippen molar-refractivity contribution in [2.45, 2.75) is 32.7 Å². The summed E-state index contributed by atoms with van der Waals surface area (Å²) < 4.78 is 5.36. The fourth-order valence-corrected chi connectivity index (χ4v) is 2.91. The average Bonchev–Trinajstić information content (AvgIpc) is 3.03. The van der Waals surface area contributed by atoms with Crippen LogP contribution >= 0.6 is 0 Å². The molecular weight excluding hydrogens is 312 g/mol. The largest absolute Gasteiger partial charge is 0.360 e. The van der Waals surface area contributed by atoms with E-state index in [4.69, 9.17) is 4.52 Å². The summed E-state index contributed by atoms with van der Waals surface area (Å²) in [6.07, 6.45) is 0. The number of carbonyl (C=O) groups is 1. The van der Waals surface area contributed by atoms with Crippen LogP contribution in [0, 0.1) is 6.92 Å². The lowest BCUT2D eigenvalue weighted by molar-refractivity contribution is 0.0940. The lowest BCUT2D eigenvalue weighted by atomic mass is 9.97. The van der Waals surface area contributed by atoms with E-state index in [1.54, 1.807) is 6.92 Å². The molecule has 0 aliphatic rings. The van der Waals surface area contributed by atoms with Crippen LogP contribution in [0.5, 0.6) is 0 Å². The molecule has 1 aromatic heterocycles. The summed E-state index contributed by atoms with van der Waals surface area (Å²) >= 11 is 0. The Morgan fingerprint density at radius 3 is 1.96 bits per heavy atom. The highest BCUT2D eigenvalue weighted by Crippen LogP contribution is 2.26. The van der Waals surface area contributed by atoms with Gasteiger partial charge in [0.1, 0.15) is 5.56 Å². The summed E-state index contributed by atoms with van der Waals surface area (Å²) in [5, 5.41) is 7.13. The van der Waals surface area contributed by atoms with Gasteiger partial charge in [-0.1, -0.05) is 79.7 Å². The smallest absolute Gasteiger partial charge is 0.257 e. The Bertz CT molecular complexity index is 799. The Morgan fingerprint density at radius 1 is 0.960 bits per heavy atom. The van der Waals surface area contributed by atoms with Gasteiger partial charge < -0.3 is 9.84 Å². The lowest BCUT2D eigenvalue weighted by Crippen LogP contribution is -2.30. The maximum absolute atomic E-state index is 13.0. The van der Waals surface area contributed by atoms with Gasteiger partial charge in [0.25, 0.3) is 5.91 Å². The SMILES string of the molecule is Cc1noc(C(C)C)c1C(=O)NC(c1ccccc1)c1ccccc1. The van der Waals surface area contributed by atoms with E-state index in [9.17, 15) is 4.79 Å². The van der Waals surface area contributed by atoms with Crippen LogP contribution in [-0.2, 0) is 0 Å². The molecule has 4 nitrogen and oxygen atoms in total. The molecular formula is C21H22N2O2. The number of nitrogens with zero attached hydrogens (tertiary/aromatic N) is 1. The second-order valence-electron chi connectivity index (χ2n) is 6.39. The third kappa shape index (κ3) is 3.63. The van der Waals surface area contributed by atoms with Crippen LogP contribution in [-0.4, -0.2) is 11.1 Å². The van der Waals surface area contributed by atoms with Crippen molar-refractivity contribution in [2.24, 2.45) is 0 Å². The Labute approximate surface area is 147 Å². The first kappa shape index (κ1) is 17.0. The summed E-state index contributed by atoms with van der Waals surface area (Å²) in [7, 11) is 0. The van der Waals surface area contributed by atoms with E-state index < -0.39 is 0 Å². The minimum absolute atomic E-state index is 0.0915. The average molecular weight is 334 g/mol. The predicted molar refractivity (Wildman–Crippen MR) is 97.5 cm³/mol. The molecule has 0 saturated carbocycles. The third-order valence-electron chi connectivity index (χ3n) is 4.18. The minimum Gasteiger partial charge on any atom is -0.360 e. The molecule has 3 rings (SSSR count). The van der Waals surface area contributed by atoms with Crippen molar-refractivity contribution in [3.63, 3.8) is 0 Å². The number of nitrogens with one attached hydrogen (secondary N) is 1. The van der Waals surface area contributed by atoms with Crippen LogP contribution in [0.4, 0.5) is 0 Å². The molecule has 2 aromatic carbocycles. The molecule has 0 aliphatic heterocycles. The first-order valence-electron chi connectivity index (χ1n) is 8.45. The first-order chi connectivity index (χ1) is 12.1. The molecule has 1 heterocycles. The number of rotatable bonds is 5. The molecule has 0 spiro atoms. The van der Waals surface area contributed by atoms with E-state index in [2.05, 4.69) is 10.5 Å². The molecule has 25 heavy (non-hydrogen) atoms. The molecule has 0 radical (unpaired) electrons. The highest BCUT2D eigenvalue weighted by molar-refractivity contribution is 5.96. The van der Waals surface area contributed by atoms with E-state index in [0.717, 1.165) is 11.1 Å². The fraction of sp³-hybridized carbons (Fsp3) is 0.238. The van der Waals surface area contributed by atoms with Crippen LogP contribution in [0.2, 0.25) is 0 Å². The van der Waals surface area contributed by atoms with Gasteiger partial charge in [0, 0.05) is 5.92 Å². The van der Waals surface area contributed by atoms with Crippen molar-refractivity contribution in [1.29, 1.82) is 0 Å². The zero-order valence-corrected chi connectivity index (χ0v) is 14.7. The quantitative estimate of drug-likeness (QED) is 0.740. The molecule has 0 bridgehead atoms. The molecule has 1 N–H and O–H groups in total. The van der Waals surface area contributed by atoms with Crippen molar-refractivity contribution in [3.05, 3.63) is 88.8 Å². The van der Waals surface area contributed by atoms with Crippen molar-refractivity contribution < 1.29 is 9.32 Å². The maximum atomic E-state index is 13.0. The third-order valence-corrected chi connectivity index (χ3v) is 4.18. The van der Waals surface area contributed by atoms with E-state index in [0.29, 0.717) is 17.0 Å². The highest BCUT2D eigenvalue weighted by atomic mass is 16.5. The highest BCUT2D eigenvalue weighted by Gasteiger charge is 2.25. The van der Waals surface area contributed by atoms with E-state index in [1.807, 2.05) is 74.5 Å². The number of hydrogen-bond acceptors (Lipinski definition) is 3. The summed E-state index contributed by atoms with van der Waals surface area (Å²) in [6, 6.07) is 19.7. The van der Waals surface area contributed by atoms with Crippen molar-refractivity contribution in [2.75, 3.05) is 0 Å². The zero-order chi connectivity index (χ0) is 17.8. The molecule has 3 aromatic rings. The second kappa shape index (κ2) is 7.34. The Balaban J connectivity index is 1.97. The zero-order valence-electron chi connectivity index (χ0n) is 14.7. The molecule has 4 heteroatoms. The van der Waals surface area contributed by atoms with Gasteiger partial charge in [0.05, 0.1) is 11.7 Å². The van der Waals surface area contributed by atoms with Gasteiger partial charge in [0.2, 0.25) is 0 Å². The van der Waals surface area contributed by atoms with E-state index in [1.165, 1.54) is 0 Å². The van der Waals surface area contributed by atoms with Crippen molar-refractivity contribution in [3.8, 4) is 0 Å².